The van der Waals surface area contributed by atoms with E-state index in [2.05, 4.69) is 9.82 Å². The lowest BCUT2D eigenvalue weighted by molar-refractivity contribution is 0.579. The first-order valence-corrected chi connectivity index (χ1v) is 8.04. The van der Waals surface area contributed by atoms with Gasteiger partial charge in [0.05, 0.1) is 27.3 Å². The highest BCUT2D eigenvalue weighted by Gasteiger charge is 2.20. The second-order valence-corrected chi connectivity index (χ2v) is 6.96. The third-order valence-electron chi connectivity index (χ3n) is 2.48. The van der Waals surface area contributed by atoms with Crippen LogP contribution in [0.25, 0.3) is 0 Å². The SMILES string of the molecule is Cn1ccc(CNS(=O)(=O)c2cc(Cl)c(Cl)cc2Cl)n1. The smallest absolute Gasteiger partial charge is 0.242 e. The van der Waals surface area contributed by atoms with Gasteiger partial charge in [-0.15, -0.1) is 0 Å². The molecule has 9 heteroatoms. The number of hydrogen-bond donors (Lipinski definition) is 1. The maximum Gasteiger partial charge on any atom is 0.242 e. The molecule has 0 spiro atoms. The molecule has 0 unspecified atom stereocenters. The number of benzene rings is 1. The summed E-state index contributed by atoms with van der Waals surface area (Å²) in [5.74, 6) is 0. The zero-order chi connectivity index (χ0) is 14.9. The van der Waals surface area contributed by atoms with Gasteiger partial charge in [0.25, 0.3) is 0 Å². The summed E-state index contributed by atoms with van der Waals surface area (Å²) in [6.45, 7) is 0.0553. The Balaban J connectivity index is 2.24. The average Bonchev–Trinajstić information content (AvgIpc) is 2.77. The number of rotatable bonds is 4. The van der Waals surface area contributed by atoms with Gasteiger partial charge in [0.15, 0.2) is 0 Å². The van der Waals surface area contributed by atoms with Crippen LogP contribution in [-0.4, -0.2) is 18.2 Å². The lowest BCUT2D eigenvalue weighted by Crippen LogP contribution is -2.24. The molecule has 0 aliphatic heterocycles. The van der Waals surface area contributed by atoms with Crippen molar-refractivity contribution in [3.8, 4) is 0 Å². The van der Waals surface area contributed by atoms with Crippen molar-refractivity contribution in [3.05, 3.63) is 45.2 Å². The van der Waals surface area contributed by atoms with Crippen molar-refractivity contribution in [2.45, 2.75) is 11.4 Å². The first-order valence-electron chi connectivity index (χ1n) is 5.42. The molecule has 0 aliphatic rings. The number of nitrogens with zero attached hydrogens (tertiary/aromatic N) is 2. The lowest BCUT2D eigenvalue weighted by atomic mass is 10.4. The Morgan fingerprint density at radius 1 is 1.20 bits per heavy atom. The van der Waals surface area contributed by atoms with Crippen molar-refractivity contribution in [1.29, 1.82) is 0 Å². The molecular weight excluding hydrogens is 345 g/mol. The second-order valence-electron chi connectivity index (χ2n) is 4.00. The molecule has 0 atom stereocenters. The van der Waals surface area contributed by atoms with Crippen molar-refractivity contribution in [2.75, 3.05) is 0 Å². The van der Waals surface area contributed by atoms with Crippen molar-refractivity contribution in [1.82, 2.24) is 14.5 Å². The Hall–Kier alpha value is -0.790. The van der Waals surface area contributed by atoms with E-state index in [-0.39, 0.29) is 26.5 Å². The number of aromatic nitrogens is 2. The van der Waals surface area contributed by atoms with Crippen LogP contribution in [0.1, 0.15) is 5.69 Å². The van der Waals surface area contributed by atoms with E-state index in [4.69, 9.17) is 34.8 Å². The van der Waals surface area contributed by atoms with Gasteiger partial charge in [-0.3, -0.25) is 4.68 Å². The Morgan fingerprint density at radius 2 is 1.85 bits per heavy atom. The molecule has 2 aromatic rings. The van der Waals surface area contributed by atoms with E-state index in [1.54, 1.807) is 24.0 Å². The van der Waals surface area contributed by atoms with Gasteiger partial charge in [-0.2, -0.15) is 5.10 Å². The summed E-state index contributed by atoms with van der Waals surface area (Å²) in [6, 6.07) is 4.21. The molecule has 0 saturated carbocycles. The Morgan fingerprint density at radius 3 is 2.45 bits per heavy atom. The standard InChI is InChI=1S/C11H10Cl3N3O2S/c1-17-3-2-7(16-17)6-15-20(18,19)11-5-9(13)8(12)4-10(11)14/h2-5,15H,6H2,1H3. The fourth-order valence-corrected chi connectivity index (χ4v) is 3.51. The Bertz CT molecular complexity index is 743. The molecule has 0 aliphatic carbocycles. The van der Waals surface area contributed by atoms with Crippen LogP contribution in [-0.2, 0) is 23.6 Å². The zero-order valence-electron chi connectivity index (χ0n) is 10.3. The number of halogens is 3. The molecule has 5 nitrogen and oxygen atoms in total. The van der Waals surface area contributed by atoms with Gasteiger partial charge in [-0.1, -0.05) is 34.8 Å². The molecule has 1 N–H and O–H groups in total. The van der Waals surface area contributed by atoms with E-state index < -0.39 is 10.0 Å². The highest BCUT2D eigenvalue weighted by Crippen LogP contribution is 2.31. The molecule has 1 aromatic carbocycles. The fraction of sp³-hybridized carbons (Fsp3) is 0.182. The molecule has 20 heavy (non-hydrogen) atoms. The topological polar surface area (TPSA) is 64.0 Å². The van der Waals surface area contributed by atoms with Crippen LogP contribution in [0.15, 0.2) is 29.3 Å². The van der Waals surface area contributed by atoms with Crippen LogP contribution in [0.3, 0.4) is 0 Å². The summed E-state index contributed by atoms with van der Waals surface area (Å²) in [7, 11) is -2.05. The maximum absolute atomic E-state index is 12.2. The van der Waals surface area contributed by atoms with E-state index in [9.17, 15) is 8.42 Å². The zero-order valence-corrected chi connectivity index (χ0v) is 13.4. The highest BCUT2D eigenvalue weighted by atomic mass is 35.5. The molecule has 108 valence electrons. The quantitative estimate of drug-likeness (QED) is 0.859. The molecule has 1 heterocycles. The van der Waals surface area contributed by atoms with Gasteiger partial charge in [0.1, 0.15) is 4.90 Å². The minimum Gasteiger partial charge on any atom is -0.276 e. The second kappa shape index (κ2) is 5.91. The van der Waals surface area contributed by atoms with Crippen molar-refractivity contribution in [2.24, 2.45) is 7.05 Å². The molecular formula is C11H10Cl3N3O2S. The van der Waals surface area contributed by atoms with Gasteiger partial charge in [-0.05, 0) is 18.2 Å². The van der Waals surface area contributed by atoms with Crippen molar-refractivity contribution < 1.29 is 8.42 Å². The van der Waals surface area contributed by atoms with Crippen LogP contribution in [0.2, 0.25) is 15.1 Å². The summed E-state index contributed by atoms with van der Waals surface area (Å²) >= 11 is 17.5. The number of nitrogens with one attached hydrogen (secondary N) is 1. The predicted molar refractivity (Wildman–Crippen MR) is 78.7 cm³/mol. The van der Waals surface area contributed by atoms with Crippen LogP contribution in [0.4, 0.5) is 0 Å². The summed E-state index contributed by atoms with van der Waals surface area (Å²) in [4.78, 5) is -0.121. The normalized spacial score (nSPS) is 11.8. The van der Waals surface area contributed by atoms with E-state index in [1.807, 2.05) is 0 Å². The molecule has 0 bridgehead atoms. The van der Waals surface area contributed by atoms with Gasteiger partial charge < -0.3 is 0 Å². The molecule has 0 fully saturated rings. The van der Waals surface area contributed by atoms with Crippen molar-refractivity contribution in [3.63, 3.8) is 0 Å². The summed E-state index contributed by atoms with van der Waals surface area (Å²) in [5.41, 5.74) is 0.590. The first-order chi connectivity index (χ1) is 9.29. The van der Waals surface area contributed by atoms with Crippen LogP contribution in [0, 0.1) is 0 Å². The first kappa shape index (κ1) is 15.6. The van der Waals surface area contributed by atoms with E-state index in [1.165, 1.54) is 12.1 Å². The summed E-state index contributed by atoms with van der Waals surface area (Å²) in [5, 5.41) is 4.39. The highest BCUT2D eigenvalue weighted by molar-refractivity contribution is 7.89. The lowest BCUT2D eigenvalue weighted by Gasteiger charge is -2.08. The monoisotopic (exact) mass is 353 g/mol. The van der Waals surface area contributed by atoms with E-state index >= 15 is 0 Å². The third-order valence-corrected chi connectivity index (χ3v) is 5.06. The Kier molecular flexibility index (Phi) is 4.61. The third kappa shape index (κ3) is 3.45. The predicted octanol–water partition coefficient (Wildman–Crippen LogP) is 2.86. The minimum atomic E-state index is -3.79. The summed E-state index contributed by atoms with van der Waals surface area (Å²) in [6.07, 6.45) is 1.72. The molecule has 2 rings (SSSR count). The largest absolute Gasteiger partial charge is 0.276 e. The van der Waals surface area contributed by atoms with Gasteiger partial charge in [0.2, 0.25) is 10.0 Å². The van der Waals surface area contributed by atoms with Crippen LogP contribution < -0.4 is 4.72 Å². The molecule has 0 saturated heterocycles. The number of aryl methyl sites for hydroxylation is 1. The minimum absolute atomic E-state index is 0.00733. The van der Waals surface area contributed by atoms with E-state index in [0.717, 1.165) is 0 Å². The molecule has 0 amide bonds. The van der Waals surface area contributed by atoms with Gasteiger partial charge >= 0.3 is 0 Å². The van der Waals surface area contributed by atoms with Gasteiger partial charge in [-0.25, -0.2) is 13.1 Å². The Labute approximate surface area is 131 Å². The molecule has 0 radical (unpaired) electrons. The van der Waals surface area contributed by atoms with E-state index in [0.29, 0.717) is 5.69 Å². The summed E-state index contributed by atoms with van der Waals surface area (Å²) < 4.78 is 28.3. The van der Waals surface area contributed by atoms with Crippen molar-refractivity contribution >= 4 is 44.8 Å². The molecule has 1 aromatic heterocycles. The van der Waals surface area contributed by atoms with Crippen LogP contribution >= 0.6 is 34.8 Å². The number of sulfonamides is 1. The van der Waals surface area contributed by atoms with Gasteiger partial charge in [0, 0.05) is 13.2 Å². The maximum atomic E-state index is 12.2. The fourth-order valence-electron chi connectivity index (χ4n) is 1.51. The average molecular weight is 355 g/mol. The van der Waals surface area contributed by atoms with Crippen LogP contribution in [0.5, 0.6) is 0 Å². The number of hydrogen-bond acceptors (Lipinski definition) is 3.